The molecule has 32 heavy (non-hydrogen) atoms. The first-order valence-corrected chi connectivity index (χ1v) is 14.7. The van der Waals surface area contributed by atoms with Crippen molar-refractivity contribution in [2.45, 2.75) is 110 Å². The summed E-state index contributed by atoms with van der Waals surface area (Å²) in [6, 6.07) is 0. The van der Waals surface area contributed by atoms with E-state index in [2.05, 4.69) is 23.4 Å². The van der Waals surface area contributed by atoms with Gasteiger partial charge in [0.15, 0.2) is 0 Å². The van der Waals surface area contributed by atoms with Gasteiger partial charge in [0.1, 0.15) is 13.1 Å². The Kier molecular flexibility index (Phi) is 14.8. The molecule has 0 saturated heterocycles. The normalized spacial score (nSPS) is 16.6. The standard InChI is InChI=1S/C22H44ClN2.F6P/c1-3-4-5-6-7-8-9-10-11-12-13-14-15-16-17-18-19-25-21-20-24(2)22(25)23;1-7(2,3,4,5)6/h3-21H2,1-2H3;/q+1;-1. The monoisotopic (exact) mass is 516 g/mol. The number of likely N-dealkylation sites (N-methyl/N-ethyl adjacent to an activating group) is 1. The predicted molar refractivity (Wildman–Crippen MR) is 127 cm³/mol. The third kappa shape index (κ3) is 26.0. The van der Waals surface area contributed by atoms with Crippen molar-refractivity contribution in [2.75, 3.05) is 26.7 Å². The maximum absolute atomic E-state index is 10.7. The molecule has 0 bridgehead atoms. The van der Waals surface area contributed by atoms with Crippen LogP contribution in [0.1, 0.15) is 110 Å². The second-order valence-electron chi connectivity index (χ2n) is 8.94. The van der Waals surface area contributed by atoms with Crippen LogP contribution >= 0.6 is 19.4 Å². The summed E-state index contributed by atoms with van der Waals surface area (Å²) in [7, 11) is -8.58. The molecule has 0 aliphatic carbocycles. The number of amidine groups is 1. The van der Waals surface area contributed by atoms with Gasteiger partial charge in [-0.3, -0.25) is 4.58 Å². The fourth-order valence-electron chi connectivity index (χ4n) is 3.75. The van der Waals surface area contributed by atoms with Crippen LogP contribution in [-0.2, 0) is 0 Å². The molecule has 0 unspecified atom stereocenters. The van der Waals surface area contributed by atoms with Crippen LogP contribution in [0.15, 0.2) is 0 Å². The van der Waals surface area contributed by atoms with Gasteiger partial charge < -0.3 is 0 Å². The predicted octanol–water partition coefficient (Wildman–Crippen LogP) is 10.2. The van der Waals surface area contributed by atoms with Crippen LogP contribution < -0.4 is 0 Å². The quantitative estimate of drug-likeness (QED) is 0.0612. The number of rotatable bonds is 17. The molecule has 1 rings (SSSR count). The second-order valence-corrected chi connectivity index (χ2v) is 11.2. The molecular weight excluding hydrogens is 473 g/mol. The van der Waals surface area contributed by atoms with Crippen LogP contribution in [0, 0.1) is 0 Å². The second kappa shape index (κ2) is 14.9. The third-order valence-corrected chi connectivity index (χ3v) is 6.09. The SMILES string of the molecule is CCCCCCCCCCCCCCCCCCN1CC[N+](C)=C1Cl.F[P-](F)(F)(F)(F)F. The zero-order chi connectivity index (χ0) is 24.6. The molecule has 0 saturated carbocycles. The van der Waals surface area contributed by atoms with Crippen molar-refractivity contribution in [2.24, 2.45) is 0 Å². The van der Waals surface area contributed by atoms with Crippen LogP contribution in [-0.4, -0.2) is 41.5 Å². The van der Waals surface area contributed by atoms with Gasteiger partial charge in [-0.2, -0.15) is 0 Å². The fourth-order valence-corrected chi connectivity index (χ4v) is 4.01. The maximum atomic E-state index is 9.87. The Bertz CT molecular complexity index is 514. The summed E-state index contributed by atoms with van der Waals surface area (Å²) >= 11 is 6.27. The Balaban J connectivity index is 0.00000118. The van der Waals surface area contributed by atoms with Crippen molar-refractivity contribution < 1.29 is 29.8 Å². The van der Waals surface area contributed by atoms with Crippen molar-refractivity contribution in [3.63, 3.8) is 0 Å². The molecule has 0 aromatic carbocycles. The van der Waals surface area contributed by atoms with Crippen LogP contribution in [0.2, 0.25) is 0 Å². The van der Waals surface area contributed by atoms with Crippen molar-refractivity contribution in [1.29, 1.82) is 0 Å². The summed E-state index contributed by atoms with van der Waals surface area (Å²) in [5.74, 6) is 0. The molecule has 0 atom stereocenters. The Hall–Kier alpha value is -0.230. The van der Waals surface area contributed by atoms with E-state index in [1.165, 1.54) is 103 Å². The number of hydrogen-bond donors (Lipinski definition) is 0. The van der Waals surface area contributed by atoms with Crippen LogP contribution in [0.3, 0.4) is 0 Å². The van der Waals surface area contributed by atoms with Gasteiger partial charge in [0.05, 0.1) is 13.6 Å². The summed E-state index contributed by atoms with van der Waals surface area (Å²) in [5, 5.41) is 0.945. The molecule has 1 aliphatic heterocycles. The molecule has 1 aliphatic rings. The van der Waals surface area contributed by atoms with Crippen LogP contribution in [0.5, 0.6) is 0 Å². The average Bonchev–Trinajstić information content (AvgIpc) is 2.97. The Morgan fingerprint density at radius 2 is 1.00 bits per heavy atom. The van der Waals surface area contributed by atoms with Gasteiger partial charge in [0, 0.05) is 11.6 Å². The summed E-state index contributed by atoms with van der Waals surface area (Å²) in [6.07, 6.45) is 22.9. The van der Waals surface area contributed by atoms with Crippen molar-refractivity contribution >= 4 is 24.7 Å². The molecule has 0 aromatic rings. The van der Waals surface area contributed by atoms with E-state index in [0.717, 1.165) is 24.9 Å². The topological polar surface area (TPSA) is 6.25 Å². The van der Waals surface area contributed by atoms with E-state index in [0.29, 0.717) is 0 Å². The molecule has 0 fully saturated rings. The van der Waals surface area contributed by atoms with Crippen molar-refractivity contribution in [3.8, 4) is 0 Å². The van der Waals surface area contributed by atoms with E-state index in [4.69, 9.17) is 11.6 Å². The molecule has 10 heteroatoms. The molecule has 196 valence electrons. The van der Waals surface area contributed by atoms with Gasteiger partial charge in [0.2, 0.25) is 0 Å². The molecule has 0 radical (unpaired) electrons. The summed E-state index contributed by atoms with van der Waals surface area (Å²) in [4.78, 5) is 2.32. The van der Waals surface area contributed by atoms with E-state index in [1.54, 1.807) is 0 Å². The Labute approximate surface area is 196 Å². The first-order chi connectivity index (χ1) is 14.7. The van der Waals surface area contributed by atoms with E-state index < -0.39 is 7.81 Å². The first kappa shape index (κ1) is 31.8. The van der Waals surface area contributed by atoms with E-state index in [9.17, 15) is 25.2 Å². The van der Waals surface area contributed by atoms with Gasteiger partial charge in [-0.25, -0.2) is 4.90 Å². The number of halogens is 7. The molecule has 2 nitrogen and oxygen atoms in total. The molecule has 0 N–H and O–H groups in total. The Morgan fingerprint density at radius 1 is 0.688 bits per heavy atom. The van der Waals surface area contributed by atoms with Gasteiger partial charge in [-0.1, -0.05) is 96.8 Å². The van der Waals surface area contributed by atoms with E-state index >= 15 is 0 Å². The third-order valence-electron chi connectivity index (χ3n) is 5.56. The van der Waals surface area contributed by atoms with Gasteiger partial charge in [-0.15, -0.1) is 0 Å². The first-order valence-electron chi connectivity index (χ1n) is 12.3. The molecular formula is C22H44ClF6N2P. The molecule has 0 amide bonds. The zero-order valence-corrected chi connectivity index (χ0v) is 21.6. The van der Waals surface area contributed by atoms with Crippen molar-refractivity contribution in [3.05, 3.63) is 0 Å². The average molecular weight is 517 g/mol. The fraction of sp³-hybridized carbons (Fsp3) is 0.955. The van der Waals surface area contributed by atoms with Crippen LogP contribution in [0.25, 0.3) is 0 Å². The molecule has 1 heterocycles. The minimum absolute atomic E-state index is 0.945. The number of unbranched alkanes of at least 4 members (excludes halogenated alkanes) is 15. The number of hydrogen-bond acceptors (Lipinski definition) is 1. The van der Waals surface area contributed by atoms with Crippen molar-refractivity contribution in [1.82, 2.24) is 4.90 Å². The van der Waals surface area contributed by atoms with E-state index in [1.807, 2.05) is 0 Å². The summed E-state index contributed by atoms with van der Waals surface area (Å²) < 4.78 is 61.3. The van der Waals surface area contributed by atoms with Crippen LogP contribution in [0.4, 0.5) is 25.2 Å². The van der Waals surface area contributed by atoms with E-state index in [-0.39, 0.29) is 0 Å². The van der Waals surface area contributed by atoms with Gasteiger partial charge in [-0.05, 0) is 12.8 Å². The molecule has 0 aromatic heterocycles. The summed E-state index contributed by atoms with van der Waals surface area (Å²) in [5.41, 5.74) is 0. The number of nitrogens with zero attached hydrogens (tertiary/aromatic N) is 2. The van der Waals surface area contributed by atoms with Gasteiger partial charge in [0.25, 0.3) is 0 Å². The zero-order valence-electron chi connectivity index (χ0n) is 19.9. The Morgan fingerprint density at radius 3 is 1.28 bits per heavy atom. The summed E-state index contributed by atoms with van der Waals surface area (Å²) in [6.45, 7) is 5.62. The molecule has 0 spiro atoms. The van der Waals surface area contributed by atoms with Gasteiger partial charge >= 0.3 is 38.3 Å². The minimum atomic E-state index is -10.7.